The van der Waals surface area contributed by atoms with Gasteiger partial charge in [-0.05, 0) is 25.0 Å². The van der Waals surface area contributed by atoms with Crippen molar-refractivity contribution in [1.82, 2.24) is 0 Å². The van der Waals surface area contributed by atoms with Gasteiger partial charge in [0.1, 0.15) is 17.5 Å². The third-order valence-electron chi connectivity index (χ3n) is 3.12. The molecule has 2 rings (SSSR count). The zero-order valence-corrected chi connectivity index (χ0v) is 9.82. The topological polar surface area (TPSA) is 32.3 Å². The monoisotopic (exact) mass is 283 g/mol. The number of anilines is 1. The highest BCUT2D eigenvalue weighted by atomic mass is 35.5. The number of aliphatic hydroxyl groups is 1. The highest BCUT2D eigenvalue weighted by Crippen LogP contribution is 2.59. The molecule has 1 aromatic rings. The summed E-state index contributed by atoms with van der Waals surface area (Å²) in [6, 6.07) is 3.70. The average Bonchev–Trinajstić information content (AvgIpc) is 3.03. The van der Waals surface area contributed by atoms with Gasteiger partial charge in [0.25, 0.3) is 0 Å². The number of rotatable bonds is 3. The third-order valence-corrected chi connectivity index (χ3v) is 3.44. The summed E-state index contributed by atoms with van der Waals surface area (Å²) < 4.78 is 51.5. The van der Waals surface area contributed by atoms with Gasteiger partial charge in [-0.25, -0.2) is 4.39 Å². The molecule has 0 aliphatic heterocycles. The summed E-state index contributed by atoms with van der Waals surface area (Å²) >= 11 is 5.66. The van der Waals surface area contributed by atoms with Crippen LogP contribution in [0.5, 0.6) is 0 Å². The van der Waals surface area contributed by atoms with Crippen LogP contribution >= 0.6 is 11.6 Å². The number of hydrogen-bond donors (Lipinski definition) is 2. The first kappa shape index (κ1) is 13.4. The van der Waals surface area contributed by atoms with Gasteiger partial charge < -0.3 is 10.4 Å². The Morgan fingerprint density at radius 1 is 1.33 bits per heavy atom. The lowest BCUT2D eigenvalue weighted by Gasteiger charge is -2.26. The SMILES string of the molecule is OC(Nc1c(F)cccc1Cl)C1(C(F)(F)F)CC1. The molecule has 7 heteroatoms. The largest absolute Gasteiger partial charge is 0.398 e. The molecule has 1 aliphatic rings. The second-order valence-electron chi connectivity index (χ2n) is 4.30. The quantitative estimate of drug-likeness (QED) is 0.657. The van der Waals surface area contributed by atoms with Crippen molar-refractivity contribution in [3.63, 3.8) is 0 Å². The maximum Gasteiger partial charge on any atom is 0.398 e. The van der Waals surface area contributed by atoms with Crippen molar-refractivity contribution < 1.29 is 22.7 Å². The summed E-state index contributed by atoms with van der Waals surface area (Å²) in [5, 5.41) is 11.7. The number of nitrogens with one attached hydrogen (secondary N) is 1. The molecule has 0 spiro atoms. The van der Waals surface area contributed by atoms with Crippen molar-refractivity contribution in [3.8, 4) is 0 Å². The molecule has 0 amide bonds. The second-order valence-corrected chi connectivity index (χ2v) is 4.70. The molecule has 0 bridgehead atoms. The van der Waals surface area contributed by atoms with E-state index in [1.807, 2.05) is 0 Å². The highest BCUT2D eigenvalue weighted by molar-refractivity contribution is 6.33. The third kappa shape index (κ3) is 2.14. The van der Waals surface area contributed by atoms with E-state index in [4.69, 9.17) is 11.6 Å². The zero-order chi connectivity index (χ0) is 13.6. The maximum atomic E-state index is 13.4. The van der Waals surface area contributed by atoms with Crippen LogP contribution in [-0.2, 0) is 0 Å². The molecule has 1 fully saturated rings. The predicted octanol–water partition coefficient (Wildman–Crippen LogP) is 3.55. The van der Waals surface area contributed by atoms with Crippen LogP contribution in [-0.4, -0.2) is 17.5 Å². The first-order valence-electron chi connectivity index (χ1n) is 5.23. The van der Waals surface area contributed by atoms with Crippen LogP contribution < -0.4 is 5.32 Å². The number of aliphatic hydroxyl groups excluding tert-OH is 1. The first-order valence-corrected chi connectivity index (χ1v) is 5.61. The van der Waals surface area contributed by atoms with Crippen molar-refractivity contribution in [2.24, 2.45) is 5.41 Å². The Labute approximate surface area is 106 Å². The fourth-order valence-corrected chi connectivity index (χ4v) is 1.97. The lowest BCUT2D eigenvalue weighted by atomic mass is 10.0. The van der Waals surface area contributed by atoms with Gasteiger partial charge in [0.05, 0.1) is 10.7 Å². The van der Waals surface area contributed by atoms with E-state index in [2.05, 4.69) is 5.32 Å². The molecule has 1 aromatic carbocycles. The van der Waals surface area contributed by atoms with Gasteiger partial charge in [-0.1, -0.05) is 17.7 Å². The summed E-state index contributed by atoms with van der Waals surface area (Å²) in [6.07, 6.45) is -6.81. The smallest absolute Gasteiger partial charge is 0.373 e. The Kier molecular flexibility index (Phi) is 3.19. The molecule has 2 nitrogen and oxygen atoms in total. The molecule has 0 saturated heterocycles. The van der Waals surface area contributed by atoms with E-state index in [-0.39, 0.29) is 23.6 Å². The Hall–Kier alpha value is -1.01. The van der Waals surface area contributed by atoms with Crippen LogP contribution in [0.15, 0.2) is 18.2 Å². The minimum Gasteiger partial charge on any atom is -0.373 e. The molecule has 0 radical (unpaired) electrons. The molecule has 2 N–H and O–H groups in total. The Morgan fingerprint density at radius 3 is 2.39 bits per heavy atom. The molecule has 100 valence electrons. The van der Waals surface area contributed by atoms with Gasteiger partial charge in [-0.3, -0.25) is 0 Å². The van der Waals surface area contributed by atoms with E-state index in [0.29, 0.717) is 0 Å². The number of hydrogen-bond acceptors (Lipinski definition) is 2. The van der Waals surface area contributed by atoms with Gasteiger partial charge >= 0.3 is 6.18 Å². The van der Waals surface area contributed by atoms with Crippen molar-refractivity contribution in [2.75, 3.05) is 5.32 Å². The Bertz CT molecular complexity index is 439. The summed E-state index contributed by atoms with van der Waals surface area (Å²) in [5.74, 6) is -0.806. The van der Waals surface area contributed by atoms with Crippen molar-refractivity contribution >= 4 is 17.3 Å². The lowest BCUT2D eigenvalue weighted by molar-refractivity contribution is -0.210. The van der Waals surface area contributed by atoms with Crippen molar-refractivity contribution in [2.45, 2.75) is 25.2 Å². The van der Waals surface area contributed by atoms with E-state index >= 15 is 0 Å². The lowest BCUT2D eigenvalue weighted by Crippen LogP contribution is -2.41. The van der Waals surface area contributed by atoms with Crippen LogP contribution in [0.25, 0.3) is 0 Å². The average molecular weight is 284 g/mol. The number of halogens is 5. The molecule has 18 heavy (non-hydrogen) atoms. The molecule has 0 heterocycles. The molecule has 1 unspecified atom stereocenters. The van der Waals surface area contributed by atoms with Gasteiger partial charge in [0.2, 0.25) is 0 Å². The Balaban J connectivity index is 2.20. The summed E-state index contributed by atoms with van der Waals surface area (Å²) in [6.45, 7) is 0. The van der Waals surface area contributed by atoms with E-state index in [1.54, 1.807) is 0 Å². The van der Waals surface area contributed by atoms with Crippen molar-refractivity contribution in [1.29, 1.82) is 0 Å². The van der Waals surface area contributed by atoms with Crippen LogP contribution in [0.3, 0.4) is 0 Å². The van der Waals surface area contributed by atoms with E-state index in [9.17, 15) is 22.7 Å². The Morgan fingerprint density at radius 2 is 1.94 bits per heavy atom. The summed E-state index contributed by atoms with van der Waals surface area (Å²) in [7, 11) is 0. The van der Waals surface area contributed by atoms with E-state index in [1.165, 1.54) is 12.1 Å². The summed E-state index contributed by atoms with van der Waals surface area (Å²) in [5.41, 5.74) is -2.51. The minimum absolute atomic E-state index is 0.0768. The van der Waals surface area contributed by atoms with Crippen molar-refractivity contribution in [3.05, 3.63) is 29.0 Å². The first-order chi connectivity index (χ1) is 8.28. The fourth-order valence-electron chi connectivity index (χ4n) is 1.76. The zero-order valence-electron chi connectivity index (χ0n) is 9.06. The number of para-hydroxylation sites is 1. The van der Waals surface area contributed by atoms with E-state index < -0.39 is 23.6 Å². The van der Waals surface area contributed by atoms with Gasteiger partial charge in [-0.2, -0.15) is 13.2 Å². The highest BCUT2D eigenvalue weighted by Gasteiger charge is 2.67. The molecular formula is C11H10ClF4NO. The maximum absolute atomic E-state index is 13.4. The van der Waals surface area contributed by atoms with Crippen LogP contribution in [0.4, 0.5) is 23.2 Å². The molecular weight excluding hydrogens is 274 g/mol. The van der Waals surface area contributed by atoms with Gasteiger partial charge in [-0.15, -0.1) is 0 Å². The van der Waals surface area contributed by atoms with Gasteiger partial charge in [0.15, 0.2) is 0 Å². The molecule has 1 aliphatic carbocycles. The number of benzene rings is 1. The predicted molar refractivity (Wildman–Crippen MR) is 58.8 cm³/mol. The second kappa shape index (κ2) is 4.28. The van der Waals surface area contributed by atoms with Crippen LogP contribution in [0, 0.1) is 11.2 Å². The molecule has 0 aromatic heterocycles. The molecule has 1 atom stereocenters. The van der Waals surface area contributed by atoms with Crippen LogP contribution in [0.1, 0.15) is 12.8 Å². The van der Waals surface area contributed by atoms with Crippen LogP contribution in [0.2, 0.25) is 5.02 Å². The molecule has 1 saturated carbocycles. The normalized spacial score (nSPS) is 19.4. The van der Waals surface area contributed by atoms with E-state index in [0.717, 1.165) is 6.07 Å². The van der Waals surface area contributed by atoms with Gasteiger partial charge in [0, 0.05) is 0 Å². The number of alkyl halides is 3. The summed E-state index contributed by atoms with van der Waals surface area (Å²) in [4.78, 5) is 0. The standard InChI is InChI=1S/C11H10ClF4NO/c12-6-2-1-3-7(13)8(6)17-9(18)10(4-5-10)11(14,15)16/h1-3,9,17-18H,4-5H2. The minimum atomic E-state index is -4.53. The fraction of sp³-hybridized carbons (Fsp3) is 0.455.